The average molecular weight is 340 g/mol. The van der Waals surface area contributed by atoms with Gasteiger partial charge in [-0.1, -0.05) is 30.3 Å². The Morgan fingerprint density at radius 1 is 1.00 bits per heavy atom. The lowest BCUT2D eigenvalue weighted by atomic mass is 10.1. The fourth-order valence-electron chi connectivity index (χ4n) is 2.26. The van der Waals surface area contributed by atoms with Crippen LogP contribution in [0.3, 0.4) is 0 Å². The van der Waals surface area contributed by atoms with E-state index in [2.05, 4.69) is 16.0 Å². The number of urea groups is 1. The maximum atomic E-state index is 12.2. The Morgan fingerprint density at radius 3 is 2.24 bits per heavy atom. The highest BCUT2D eigenvalue weighted by Crippen LogP contribution is 2.11. The van der Waals surface area contributed by atoms with Crippen LogP contribution in [-0.2, 0) is 0 Å². The van der Waals surface area contributed by atoms with Crippen LogP contribution in [0.4, 0.5) is 10.5 Å². The largest absolute Gasteiger partial charge is 0.350 e. The number of amides is 3. The van der Waals surface area contributed by atoms with Crippen molar-refractivity contribution in [3.05, 3.63) is 65.7 Å². The third kappa shape index (κ3) is 5.93. The van der Waals surface area contributed by atoms with Crippen LogP contribution >= 0.6 is 0 Å². The third-order valence-electron chi connectivity index (χ3n) is 3.53. The molecule has 0 bridgehead atoms. The first-order chi connectivity index (χ1) is 12.0. The van der Waals surface area contributed by atoms with E-state index in [1.165, 1.54) is 0 Å². The summed E-state index contributed by atoms with van der Waals surface area (Å²) in [6, 6.07) is 15.8. The van der Waals surface area contributed by atoms with Gasteiger partial charge in [0, 0.05) is 29.9 Å². The molecule has 25 heavy (non-hydrogen) atoms. The van der Waals surface area contributed by atoms with Crippen LogP contribution in [0.15, 0.2) is 54.6 Å². The molecule has 2 rings (SSSR count). The minimum absolute atomic E-state index is 0.0545. The maximum Gasteiger partial charge on any atom is 0.319 e. The van der Waals surface area contributed by atoms with Crippen LogP contribution in [0, 0.1) is 0 Å². The molecule has 2 aromatic carbocycles. The van der Waals surface area contributed by atoms with Crippen LogP contribution in [0.2, 0.25) is 0 Å². The molecule has 0 aliphatic heterocycles. The molecule has 3 amide bonds. The number of benzene rings is 2. The van der Waals surface area contributed by atoms with Crippen molar-refractivity contribution in [2.75, 3.05) is 11.9 Å². The second-order valence-electron chi connectivity index (χ2n) is 6.06. The summed E-state index contributed by atoms with van der Waals surface area (Å²) in [6.45, 7) is 4.11. The summed E-state index contributed by atoms with van der Waals surface area (Å²) in [7, 11) is 0. The van der Waals surface area contributed by atoms with Crippen LogP contribution in [0.5, 0.6) is 0 Å². The highest BCUT2D eigenvalue weighted by molar-refractivity contribution is 5.95. The number of carbonyl (C=O) groups is 2. The smallest absolute Gasteiger partial charge is 0.319 e. The van der Waals surface area contributed by atoms with Gasteiger partial charge in [-0.15, -0.1) is 0 Å². The fourth-order valence-corrected chi connectivity index (χ4v) is 2.26. The van der Waals surface area contributed by atoms with Gasteiger partial charge in [0.1, 0.15) is 0 Å². The fraction of sp³-hybridized carbons (Fsp3) is 0.263. The minimum atomic E-state index is -0.277. The summed E-state index contributed by atoms with van der Waals surface area (Å²) in [5.41, 5.74) is 8.17. The van der Waals surface area contributed by atoms with Gasteiger partial charge in [-0.2, -0.15) is 0 Å². The van der Waals surface area contributed by atoms with Crippen LogP contribution in [0.1, 0.15) is 35.8 Å². The van der Waals surface area contributed by atoms with Crippen LogP contribution in [-0.4, -0.2) is 24.5 Å². The first-order valence-electron chi connectivity index (χ1n) is 8.22. The Bertz CT molecular complexity index is 699. The molecule has 132 valence electrons. The molecule has 1 atom stereocenters. The third-order valence-corrected chi connectivity index (χ3v) is 3.53. The zero-order chi connectivity index (χ0) is 18.2. The molecule has 0 saturated heterocycles. The van der Waals surface area contributed by atoms with Crippen molar-refractivity contribution in [3.8, 4) is 0 Å². The summed E-state index contributed by atoms with van der Waals surface area (Å²) in [6.07, 6.45) is 0. The summed E-state index contributed by atoms with van der Waals surface area (Å²) in [5, 5.41) is 8.26. The number of hydrogen-bond donors (Lipinski definition) is 4. The van der Waals surface area contributed by atoms with E-state index < -0.39 is 0 Å². The number of nitrogens with one attached hydrogen (secondary N) is 3. The van der Waals surface area contributed by atoms with E-state index in [0.717, 1.165) is 5.56 Å². The lowest BCUT2D eigenvalue weighted by Gasteiger charge is -2.13. The van der Waals surface area contributed by atoms with Crippen molar-refractivity contribution in [1.82, 2.24) is 10.6 Å². The summed E-state index contributed by atoms with van der Waals surface area (Å²) in [5.74, 6) is -0.204. The first kappa shape index (κ1) is 18.5. The molecule has 5 N–H and O–H groups in total. The second-order valence-corrected chi connectivity index (χ2v) is 6.06. The highest BCUT2D eigenvalue weighted by Gasteiger charge is 2.10. The standard InChI is InChI=1S/C19H24N4O2/c1-13(2)22-19(25)23-16-10-8-15(9-11-16)18(24)21-12-17(20)14-6-4-3-5-7-14/h3-11,13,17H,12,20H2,1-2H3,(H,21,24)(H2,22,23,25). The first-order valence-corrected chi connectivity index (χ1v) is 8.22. The zero-order valence-electron chi connectivity index (χ0n) is 14.5. The molecule has 0 fully saturated rings. The van der Waals surface area contributed by atoms with Gasteiger partial charge in [-0.05, 0) is 43.7 Å². The molecule has 6 heteroatoms. The van der Waals surface area contributed by atoms with E-state index in [0.29, 0.717) is 17.8 Å². The van der Waals surface area contributed by atoms with Crippen LogP contribution < -0.4 is 21.7 Å². The van der Waals surface area contributed by atoms with Crippen molar-refractivity contribution in [3.63, 3.8) is 0 Å². The van der Waals surface area contributed by atoms with Gasteiger partial charge in [-0.3, -0.25) is 4.79 Å². The molecule has 1 unspecified atom stereocenters. The van der Waals surface area contributed by atoms with E-state index in [4.69, 9.17) is 5.73 Å². The van der Waals surface area contributed by atoms with E-state index in [9.17, 15) is 9.59 Å². The Balaban J connectivity index is 1.86. The molecule has 0 aliphatic carbocycles. The number of nitrogens with two attached hydrogens (primary N) is 1. The van der Waals surface area contributed by atoms with Crippen molar-refractivity contribution < 1.29 is 9.59 Å². The van der Waals surface area contributed by atoms with E-state index >= 15 is 0 Å². The number of rotatable bonds is 6. The predicted octanol–water partition coefficient (Wildman–Crippen LogP) is 2.65. The Morgan fingerprint density at radius 2 is 1.64 bits per heavy atom. The highest BCUT2D eigenvalue weighted by atomic mass is 16.2. The molecule has 0 aliphatic rings. The summed E-state index contributed by atoms with van der Waals surface area (Å²) in [4.78, 5) is 23.8. The normalized spacial score (nSPS) is 11.7. The lowest BCUT2D eigenvalue weighted by Crippen LogP contribution is -2.34. The predicted molar refractivity (Wildman–Crippen MR) is 99.4 cm³/mol. The molecular weight excluding hydrogens is 316 g/mol. The second kappa shape index (κ2) is 8.84. The van der Waals surface area contributed by atoms with Gasteiger partial charge < -0.3 is 21.7 Å². The lowest BCUT2D eigenvalue weighted by molar-refractivity contribution is 0.0951. The molecule has 0 heterocycles. The molecule has 2 aromatic rings. The number of carbonyl (C=O) groups excluding carboxylic acids is 2. The van der Waals surface area contributed by atoms with E-state index in [1.807, 2.05) is 44.2 Å². The molecule has 0 radical (unpaired) electrons. The van der Waals surface area contributed by atoms with Crippen molar-refractivity contribution >= 4 is 17.6 Å². The van der Waals surface area contributed by atoms with E-state index in [-0.39, 0.29) is 24.0 Å². The quantitative estimate of drug-likeness (QED) is 0.651. The van der Waals surface area contributed by atoms with Crippen molar-refractivity contribution in [1.29, 1.82) is 0 Å². The van der Waals surface area contributed by atoms with Crippen molar-refractivity contribution in [2.24, 2.45) is 5.73 Å². The number of hydrogen-bond acceptors (Lipinski definition) is 3. The zero-order valence-corrected chi connectivity index (χ0v) is 14.5. The van der Waals surface area contributed by atoms with Gasteiger partial charge in [0.05, 0.1) is 0 Å². The van der Waals surface area contributed by atoms with Crippen molar-refractivity contribution in [2.45, 2.75) is 25.9 Å². The van der Waals surface area contributed by atoms with E-state index in [1.54, 1.807) is 24.3 Å². The van der Waals surface area contributed by atoms with Gasteiger partial charge in [0.15, 0.2) is 0 Å². The van der Waals surface area contributed by atoms with Gasteiger partial charge >= 0.3 is 6.03 Å². The van der Waals surface area contributed by atoms with Gasteiger partial charge in [-0.25, -0.2) is 4.79 Å². The Labute approximate surface area is 147 Å². The number of anilines is 1. The Hall–Kier alpha value is -2.86. The monoisotopic (exact) mass is 340 g/mol. The minimum Gasteiger partial charge on any atom is -0.350 e. The molecule has 6 nitrogen and oxygen atoms in total. The molecule has 0 spiro atoms. The summed E-state index contributed by atoms with van der Waals surface area (Å²) >= 11 is 0. The topological polar surface area (TPSA) is 96.2 Å². The molecular formula is C19H24N4O2. The maximum absolute atomic E-state index is 12.2. The Kier molecular flexibility index (Phi) is 6.54. The SMILES string of the molecule is CC(C)NC(=O)Nc1ccc(C(=O)NCC(N)c2ccccc2)cc1. The molecule has 0 aromatic heterocycles. The van der Waals surface area contributed by atoms with Crippen LogP contribution in [0.25, 0.3) is 0 Å². The average Bonchev–Trinajstić information content (AvgIpc) is 2.60. The van der Waals surface area contributed by atoms with Gasteiger partial charge in [0.25, 0.3) is 5.91 Å². The molecule has 0 saturated carbocycles. The summed E-state index contributed by atoms with van der Waals surface area (Å²) < 4.78 is 0. The van der Waals surface area contributed by atoms with Gasteiger partial charge in [0.2, 0.25) is 0 Å².